The summed E-state index contributed by atoms with van der Waals surface area (Å²) >= 11 is 1.92. The number of anilines is 6. The van der Waals surface area contributed by atoms with E-state index < -0.39 is 0 Å². The van der Waals surface area contributed by atoms with Gasteiger partial charge in [-0.05, 0) is 97.8 Å². The Hall–Kier alpha value is -6.36. The van der Waals surface area contributed by atoms with E-state index in [-0.39, 0.29) is 5.41 Å². The predicted molar refractivity (Wildman–Crippen MR) is 235 cm³/mol. The molecule has 0 aliphatic heterocycles. The van der Waals surface area contributed by atoms with Crippen LogP contribution in [0, 0.1) is 13.8 Å². The lowest BCUT2D eigenvalue weighted by Gasteiger charge is -2.28. The fourth-order valence-corrected chi connectivity index (χ4v) is 10.5. The zero-order valence-electron chi connectivity index (χ0n) is 31.3. The summed E-state index contributed by atoms with van der Waals surface area (Å²) in [6.45, 7) is 9.14. The van der Waals surface area contributed by atoms with Gasteiger partial charge in [-0.2, -0.15) is 0 Å². The predicted octanol–water partition coefficient (Wildman–Crippen LogP) is 14.8. The molecule has 7 aromatic carbocycles. The molecular formula is C51H39N3S. The van der Waals surface area contributed by atoms with Crippen LogP contribution in [0.1, 0.15) is 36.2 Å². The molecule has 3 nitrogen and oxygen atoms in total. The van der Waals surface area contributed by atoms with Crippen molar-refractivity contribution in [1.82, 2.24) is 4.40 Å². The van der Waals surface area contributed by atoms with Gasteiger partial charge in [-0.15, -0.1) is 11.3 Å². The van der Waals surface area contributed by atoms with Crippen molar-refractivity contribution < 1.29 is 0 Å². The number of fused-ring (bicyclic) bond motifs is 10. The Labute approximate surface area is 325 Å². The molecule has 0 fully saturated rings. The Bertz CT molecular complexity index is 3060. The van der Waals surface area contributed by atoms with Gasteiger partial charge in [0.05, 0.1) is 5.52 Å². The first-order valence-corrected chi connectivity index (χ1v) is 19.9. The van der Waals surface area contributed by atoms with Crippen LogP contribution in [0.5, 0.6) is 0 Å². The topological polar surface area (TPSA) is 10.9 Å². The smallest absolute Gasteiger partial charge is 0.109 e. The first-order valence-electron chi connectivity index (χ1n) is 19.1. The third-order valence-electron chi connectivity index (χ3n) is 11.8. The second kappa shape index (κ2) is 11.8. The lowest BCUT2D eigenvalue weighted by atomic mass is 9.85. The maximum absolute atomic E-state index is 2.63. The zero-order chi connectivity index (χ0) is 37.0. The Morgan fingerprint density at radius 3 is 1.64 bits per heavy atom. The van der Waals surface area contributed by atoms with Gasteiger partial charge in [-0.25, -0.2) is 0 Å². The number of hydrogen-bond acceptors (Lipinski definition) is 3. The van der Waals surface area contributed by atoms with Crippen LogP contribution in [0.4, 0.5) is 34.1 Å². The van der Waals surface area contributed by atoms with Crippen molar-refractivity contribution in [1.29, 1.82) is 0 Å². The van der Waals surface area contributed by atoms with Gasteiger partial charge in [0.2, 0.25) is 0 Å². The molecule has 10 aromatic rings. The quantitative estimate of drug-likeness (QED) is 0.169. The van der Waals surface area contributed by atoms with Gasteiger partial charge in [-0.3, -0.25) is 0 Å². The molecule has 0 atom stereocenters. The molecule has 3 heterocycles. The average Bonchev–Trinajstić information content (AvgIpc) is 3.92. The summed E-state index contributed by atoms with van der Waals surface area (Å²) in [5.41, 5.74) is 16.1. The van der Waals surface area contributed by atoms with E-state index in [0.29, 0.717) is 0 Å². The lowest BCUT2D eigenvalue weighted by molar-refractivity contribution is 0.634. The van der Waals surface area contributed by atoms with Crippen LogP contribution in [-0.4, -0.2) is 4.40 Å². The minimum atomic E-state index is -0.231. The van der Waals surface area contributed by atoms with E-state index in [1.54, 1.807) is 0 Å². The third kappa shape index (κ3) is 4.68. The second-order valence-corrected chi connectivity index (χ2v) is 16.6. The average molecular weight is 726 g/mol. The molecule has 0 saturated carbocycles. The van der Waals surface area contributed by atoms with Crippen molar-refractivity contribution in [2.45, 2.75) is 33.1 Å². The number of thiophene rings is 1. The summed E-state index contributed by atoms with van der Waals surface area (Å²) in [5.74, 6) is 0. The molecule has 1 aliphatic rings. The molecule has 0 spiro atoms. The second-order valence-electron chi connectivity index (χ2n) is 15.6. The highest BCUT2D eigenvalue weighted by atomic mass is 32.1. The number of aryl methyl sites for hydroxylation is 2. The first kappa shape index (κ1) is 32.1. The van der Waals surface area contributed by atoms with Crippen molar-refractivity contribution in [3.05, 3.63) is 186 Å². The van der Waals surface area contributed by atoms with Crippen molar-refractivity contribution in [2.75, 3.05) is 9.80 Å². The minimum Gasteiger partial charge on any atom is -0.310 e. The van der Waals surface area contributed by atoms with Crippen molar-refractivity contribution in [3.63, 3.8) is 0 Å². The Morgan fingerprint density at radius 2 is 1.02 bits per heavy atom. The van der Waals surface area contributed by atoms with E-state index in [1.165, 1.54) is 75.8 Å². The fourth-order valence-electron chi connectivity index (χ4n) is 9.21. The summed E-state index contributed by atoms with van der Waals surface area (Å²) < 4.78 is 3.93. The molecule has 0 N–H and O–H groups in total. The van der Waals surface area contributed by atoms with Crippen LogP contribution in [0.15, 0.2) is 164 Å². The van der Waals surface area contributed by atoms with Crippen LogP contribution in [0.2, 0.25) is 0 Å². The Kier molecular flexibility index (Phi) is 6.90. The maximum atomic E-state index is 2.63. The van der Waals surface area contributed by atoms with E-state index in [1.807, 2.05) is 11.3 Å². The Balaban J connectivity index is 1.10. The van der Waals surface area contributed by atoms with Crippen LogP contribution in [0.25, 0.3) is 47.7 Å². The molecule has 11 rings (SSSR count). The molecule has 0 saturated heterocycles. The van der Waals surface area contributed by atoms with Crippen LogP contribution < -0.4 is 9.80 Å². The highest BCUT2D eigenvalue weighted by molar-refractivity contribution is 7.25. The van der Waals surface area contributed by atoms with Gasteiger partial charge in [-0.1, -0.05) is 116 Å². The van der Waals surface area contributed by atoms with Crippen LogP contribution in [0.3, 0.4) is 0 Å². The van der Waals surface area contributed by atoms with Crippen LogP contribution in [-0.2, 0) is 5.41 Å². The molecule has 0 amide bonds. The molecule has 4 heteroatoms. The van der Waals surface area contributed by atoms with E-state index in [9.17, 15) is 0 Å². The normalized spacial score (nSPS) is 13.2. The Morgan fingerprint density at radius 1 is 0.491 bits per heavy atom. The monoisotopic (exact) mass is 725 g/mol. The standard InChI is InChI=1S/C51H39N3S/c1-32-18-22-36(23-19-32)52(34-12-7-5-8-13-34)38-26-28-40-44(30-38)51(3,4)49-46(40)42-16-11-17-43-47-41-29-27-39(31-45(41)55-50(47)54(49)48(42)43)53(35-14-9-6-10-15-35)37-24-20-33(2)21-25-37/h5-31H,1-4H3. The van der Waals surface area contributed by atoms with E-state index in [2.05, 4.69) is 206 Å². The fraction of sp³-hybridized carbons (Fsp3) is 0.0980. The molecule has 1 aliphatic carbocycles. The van der Waals surface area contributed by atoms with Gasteiger partial charge in [0, 0.05) is 77.0 Å². The van der Waals surface area contributed by atoms with E-state index >= 15 is 0 Å². The van der Waals surface area contributed by atoms with Crippen molar-refractivity contribution in [2.24, 2.45) is 0 Å². The number of benzene rings is 7. The summed E-state index contributed by atoms with van der Waals surface area (Å²) in [6.07, 6.45) is 0. The number of rotatable bonds is 6. The number of aromatic nitrogens is 1. The van der Waals surface area contributed by atoms with E-state index in [0.717, 1.165) is 28.4 Å². The molecule has 3 aromatic heterocycles. The summed E-state index contributed by atoms with van der Waals surface area (Å²) in [4.78, 5) is 6.08. The van der Waals surface area contributed by atoms with Crippen molar-refractivity contribution >= 4 is 82.1 Å². The first-order chi connectivity index (χ1) is 26.9. The molecule has 264 valence electrons. The highest BCUT2D eigenvalue weighted by Gasteiger charge is 2.42. The largest absolute Gasteiger partial charge is 0.310 e. The maximum Gasteiger partial charge on any atom is 0.109 e. The van der Waals surface area contributed by atoms with E-state index in [4.69, 9.17) is 0 Å². The highest BCUT2D eigenvalue weighted by Crippen LogP contribution is 2.57. The van der Waals surface area contributed by atoms with Gasteiger partial charge >= 0.3 is 0 Å². The SMILES string of the molecule is Cc1ccc(N(c2ccccc2)c2ccc3c(c2)C(C)(C)c2c-3c3cccc4c5c6ccc(N(c7ccccc7)c7ccc(C)cc7)cc6sc5n2c34)cc1. The summed E-state index contributed by atoms with van der Waals surface area (Å²) in [5, 5.41) is 5.35. The zero-order valence-corrected chi connectivity index (χ0v) is 32.2. The molecule has 0 radical (unpaired) electrons. The minimum absolute atomic E-state index is 0.231. The van der Waals surface area contributed by atoms with Gasteiger partial charge < -0.3 is 14.2 Å². The molecule has 0 bridgehead atoms. The molecule has 55 heavy (non-hydrogen) atoms. The third-order valence-corrected chi connectivity index (χ3v) is 12.9. The van der Waals surface area contributed by atoms with Gasteiger partial charge in [0.25, 0.3) is 0 Å². The summed E-state index contributed by atoms with van der Waals surface area (Å²) in [7, 11) is 0. The number of hydrogen-bond donors (Lipinski definition) is 0. The lowest BCUT2D eigenvalue weighted by Crippen LogP contribution is -2.18. The number of para-hydroxylation sites is 3. The van der Waals surface area contributed by atoms with Gasteiger partial charge in [0.1, 0.15) is 4.83 Å². The molecular weight excluding hydrogens is 687 g/mol. The molecule has 0 unspecified atom stereocenters. The van der Waals surface area contributed by atoms with Crippen molar-refractivity contribution in [3.8, 4) is 11.1 Å². The number of nitrogens with zero attached hydrogens (tertiary/aromatic N) is 3. The summed E-state index contributed by atoms with van der Waals surface area (Å²) in [6, 6.07) is 60.3. The van der Waals surface area contributed by atoms with Gasteiger partial charge in [0.15, 0.2) is 0 Å². The van der Waals surface area contributed by atoms with Crippen LogP contribution >= 0.6 is 11.3 Å².